The molecule has 0 aliphatic carbocycles. The molecule has 0 amide bonds. The van der Waals surface area contributed by atoms with Crippen LogP contribution < -0.4 is 0 Å². The summed E-state index contributed by atoms with van der Waals surface area (Å²) in [4.78, 5) is 21.7. The second kappa shape index (κ2) is 4.87. The first-order valence-electron chi connectivity index (χ1n) is 4.21. The summed E-state index contributed by atoms with van der Waals surface area (Å²) in [5.74, 6) is -4.71. The zero-order valence-electron chi connectivity index (χ0n) is 7.84. The summed E-state index contributed by atoms with van der Waals surface area (Å²) in [5, 5.41) is 0. The summed E-state index contributed by atoms with van der Waals surface area (Å²) >= 11 is 0. The van der Waals surface area contributed by atoms with Gasteiger partial charge in [0.15, 0.2) is 5.78 Å². The Hall–Kier alpha value is -1.72. The van der Waals surface area contributed by atoms with Crippen LogP contribution in [-0.2, 0) is 4.79 Å². The molecule has 1 rings (SSSR count). The van der Waals surface area contributed by atoms with Crippen LogP contribution in [0.5, 0.6) is 0 Å². The van der Waals surface area contributed by atoms with E-state index >= 15 is 0 Å². The molecule has 86 valence electrons. The molecule has 0 unspecified atom stereocenters. The first kappa shape index (κ1) is 12.4. The third-order valence-electron chi connectivity index (χ3n) is 1.81. The van der Waals surface area contributed by atoms with Crippen LogP contribution in [-0.4, -0.2) is 18.0 Å². The van der Waals surface area contributed by atoms with Crippen LogP contribution in [0.25, 0.3) is 0 Å². The Morgan fingerprint density at radius 3 is 2.38 bits per heavy atom. The van der Waals surface area contributed by atoms with Gasteiger partial charge in [0.2, 0.25) is 5.78 Å². The zero-order chi connectivity index (χ0) is 12.3. The number of hydrogen-bond acceptors (Lipinski definition) is 2. The van der Waals surface area contributed by atoms with Gasteiger partial charge in [-0.2, -0.15) is 0 Å². The van der Waals surface area contributed by atoms with Gasteiger partial charge in [0.1, 0.15) is 11.6 Å². The fourth-order valence-corrected chi connectivity index (χ4v) is 1.04. The molecule has 2 nitrogen and oxygen atoms in total. The normalized spacial score (nSPS) is 10.6. The Bertz CT molecular complexity index is 429. The average Bonchev–Trinajstić information content (AvgIpc) is 2.21. The van der Waals surface area contributed by atoms with Gasteiger partial charge in [-0.25, -0.2) is 17.6 Å². The van der Waals surface area contributed by atoms with E-state index < -0.39 is 41.6 Å². The van der Waals surface area contributed by atoms with E-state index in [1.807, 2.05) is 0 Å². The minimum atomic E-state index is -3.29. The van der Waals surface area contributed by atoms with Gasteiger partial charge in [-0.1, -0.05) is 0 Å². The Kier molecular flexibility index (Phi) is 3.76. The predicted octanol–water partition coefficient (Wildman–Crippen LogP) is 2.37. The molecule has 0 heterocycles. The lowest BCUT2D eigenvalue weighted by atomic mass is 10.1. The number of Topliss-reactive ketones (excluding diaryl/α,β-unsaturated/α-hetero) is 2. The van der Waals surface area contributed by atoms with Crippen molar-refractivity contribution in [3.63, 3.8) is 0 Å². The minimum Gasteiger partial charge on any atom is -0.294 e. The van der Waals surface area contributed by atoms with E-state index in [0.29, 0.717) is 12.1 Å². The number of rotatable bonds is 4. The first-order chi connectivity index (χ1) is 7.41. The molecule has 0 aromatic heterocycles. The molecule has 1 aromatic carbocycles. The van der Waals surface area contributed by atoms with Crippen molar-refractivity contribution >= 4 is 11.6 Å². The second-order valence-electron chi connectivity index (χ2n) is 2.99. The van der Waals surface area contributed by atoms with E-state index in [9.17, 15) is 27.2 Å². The van der Waals surface area contributed by atoms with E-state index in [4.69, 9.17) is 0 Å². The highest BCUT2D eigenvalue weighted by Crippen LogP contribution is 2.13. The monoisotopic (exact) mass is 234 g/mol. The van der Waals surface area contributed by atoms with Crippen LogP contribution in [0.1, 0.15) is 16.8 Å². The SMILES string of the molecule is O=C(CC(=O)C(F)F)c1cc(F)ccc1F. The maximum atomic E-state index is 13.0. The summed E-state index contributed by atoms with van der Waals surface area (Å²) in [6, 6.07) is 2.03. The highest BCUT2D eigenvalue weighted by molar-refractivity contribution is 6.08. The molecule has 6 heteroatoms. The summed E-state index contributed by atoms with van der Waals surface area (Å²) in [7, 11) is 0. The second-order valence-corrected chi connectivity index (χ2v) is 2.99. The van der Waals surface area contributed by atoms with E-state index in [-0.39, 0.29) is 0 Å². The van der Waals surface area contributed by atoms with Crippen molar-refractivity contribution < 1.29 is 27.2 Å². The average molecular weight is 234 g/mol. The Morgan fingerprint density at radius 2 is 1.81 bits per heavy atom. The number of hydrogen-bond donors (Lipinski definition) is 0. The number of alkyl halides is 2. The van der Waals surface area contributed by atoms with Gasteiger partial charge in [-0.05, 0) is 18.2 Å². The molecule has 1 aromatic rings. The summed E-state index contributed by atoms with van der Waals surface area (Å²) in [5.41, 5.74) is -0.700. The lowest BCUT2D eigenvalue weighted by Crippen LogP contribution is -2.16. The van der Waals surface area contributed by atoms with Gasteiger partial charge in [-0.3, -0.25) is 9.59 Å². The molecule has 0 atom stereocenters. The van der Waals surface area contributed by atoms with Crippen molar-refractivity contribution in [3.05, 3.63) is 35.4 Å². The fraction of sp³-hybridized carbons (Fsp3) is 0.200. The summed E-state index contributed by atoms with van der Waals surface area (Å²) in [6.07, 6.45) is -4.43. The van der Waals surface area contributed by atoms with Crippen molar-refractivity contribution in [2.45, 2.75) is 12.8 Å². The lowest BCUT2D eigenvalue weighted by molar-refractivity contribution is -0.128. The highest BCUT2D eigenvalue weighted by atomic mass is 19.3. The fourth-order valence-electron chi connectivity index (χ4n) is 1.04. The van der Waals surface area contributed by atoms with E-state index in [1.54, 1.807) is 0 Å². The number of ketones is 2. The summed E-state index contributed by atoms with van der Waals surface area (Å²) < 4.78 is 49.3. The van der Waals surface area contributed by atoms with Gasteiger partial charge in [0, 0.05) is 0 Å². The zero-order valence-corrected chi connectivity index (χ0v) is 7.84. The van der Waals surface area contributed by atoms with Crippen molar-refractivity contribution in [1.29, 1.82) is 0 Å². The Labute approximate surface area is 87.9 Å². The van der Waals surface area contributed by atoms with Gasteiger partial charge >= 0.3 is 0 Å². The van der Waals surface area contributed by atoms with E-state index in [1.165, 1.54) is 0 Å². The quantitative estimate of drug-likeness (QED) is 0.455. The number of carbonyl (C=O) groups excluding carboxylic acids is 2. The molecule has 0 saturated carbocycles. The van der Waals surface area contributed by atoms with Gasteiger partial charge in [0.25, 0.3) is 6.43 Å². The Balaban J connectivity index is 2.88. The minimum absolute atomic E-state index is 0.566. The van der Waals surface area contributed by atoms with E-state index in [2.05, 4.69) is 0 Å². The van der Waals surface area contributed by atoms with Crippen molar-refractivity contribution in [3.8, 4) is 0 Å². The van der Waals surface area contributed by atoms with Crippen LogP contribution in [0.2, 0.25) is 0 Å². The van der Waals surface area contributed by atoms with Crippen LogP contribution in [0.15, 0.2) is 18.2 Å². The predicted molar refractivity (Wildman–Crippen MR) is 46.3 cm³/mol. The van der Waals surface area contributed by atoms with Crippen LogP contribution in [0.4, 0.5) is 17.6 Å². The number of carbonyl (C=O) groups is 2. The molecular weight excluding hydrogens is 228 g/mol. The third-order valence-corrected chi connectivity index (χ3v) is 1.81. The van der Waals surface area contributed by atoms with Gasteiger partial charge in [-0.15, -0.1) is 0 Å². The smallest absolute Gasteiger partial charge is 0.294 e. The summed E-state index contributed by atoms with van der Waals surface area (Å²) in [6.45, 7) is 0. The largest absolute Gasteiger partial charge is 0.296 e. The standard InChI is InChI=1S/C10H6F4O2/c11-5-1-2-7(12)6(3-5)8(15)4-9(16)10(13)14/h1-3,10H,4H2. The Morgan fingerprint density at radius 1 is 1.19 bits per heavy atom. The van der Waals surface area contributed by atoms with Gasteiger partial charge < -0.3 is 0 Å². The number of benzene rings is 1. The van der Waals surface area contributed by atoms with Crippen LogP contribution >= 0.6 is 0 Å². The third kappa shape index (κ3) is 2.88. The molecule has 0 radical (unpaired) electrons. The highest BCUT2D eigenvalue weighted by Gasteiger charge is 2.22. The molecule has 0 aliphatic heterocycles. The van der Waals surface area contributed by atoms with E-state index in [0.717, 1.165) is 6.07 Å². The molecule has 0 fully saturated rings. The lowest BCUT2D eigenvalue weighted by Gasteiger charge is -2.02. The molecular formula is C10H6F4O2. The maximum Gasteiger partial charge on any atom is 0.296 e. The first-order valence-corrected chi connectivity index (χ1v) is 4.21. The molecule has 0 bridgehead atoms. The topological polar surface area (TPSA) is 34.1 Å². The molecule has 0 N–H and O–H groups in total. The number of halogens is 4. The molecule has 0 aliphatic rings. The maximum absolute atomic E-state index is 13.0. The molecule has 16 heavy (non-hydrogen) atoms. The van der Waals surface area contributed by atoms with Crippen molar-refractivity contribution in [1.82, 2.24) is 0 Å². The van der Waals surface area contributed by atoms with Crippen LogP contribution in [0.3, 0.4) is 0 Å². The van der Waals surface area contributed by atoms with Gasteiger partial charge in [0.05, 0.1) is 12.0 Å². The van der Waals surface area contributed by atoms with Crippen LogP contribution in [0, 0.1) is 11.6 Å². The molecule has 0 spiro atoms. The van der Waals surface area contributed by atoms with Crippen molar-refractivity contribution in [2.75, 3.05) is 0 Å². The van der Waals surface area contributed by atoms with Crippen molar-refractivity contribution in [2.24, 2.45) is 0 Å². The molecule has 0 saturated heterocycles.